The summed E-state index contributed by atoms with van der Waals surface area (Å²) >= 11 is 0. The van der Waals surface area contributed by atoms with Gasteiger partial charge in [-0.25, -0.2) is 4.79 Å². The van der Waals surface area contributed by atoms with Crippen molar-refractivity contribution in [2.24, 2.45) is 40.4 Å². The molecule has 0 amide bonds. The van der Waals surface area contributed by atoms with E-state index in [0.29, 0.717) is 17.3 Å². The van der Waals surface area contributed by atoms with Crippen LogP contribution in [0.5, 0.6) is 0 Å². The molecule has 6 aliphatic rings. The Morgan fingerprint density at radius 2 is 2.00 bits per heavy atom. The van der Waals surface area contributed by atoms with Crippen LogP contribution in [0.25, 0.3) is 0 Å². The van der Waals surface area contributed by atoms with Gasteiger partial charge in [0.2, 0.25) is 0 Å². The first-order valence-electron chi connectivity index (χ1n) is 10.6. The van der Waals surface area contributed by atoms with Crippen LogP contribution < -0.4 is 5.41 Å². The van der Waals surface area contributed by atoms with Crippen molar-refractivity contribution in [1.29, 1.82) is 0 Å². The standard InChI is InChI=1S/C23H29NO2/c1-21-12-18(21)23(10-8-19(25)26-23)22(2)9-7-16-15-6-4-14(24)11-13(15)3-5-17(16)20(21)22/h8,10-11,15-18,20,24H,3-7,9,12H2,1-2H3/p+1. The fraction of sp³-hybridized carbons (Fsp3) is 0.739. The third-order valence-corrected chi connectivity index (χ3v) is 9.67. The molecule has 6 rings (SSSR count). The number of hydrogen-bond donors (Lipinski definition) is 1. The largest absolute Gasteiger partial charge is 0.451 e. The van der Waals surface area contributed by atoms with Crippen molar-refractivity contribution in [1.82, 2.24) is 0 Å². The van der Waals surface area contributed by atoms with Crippen molar-refractivity contribution in [3.63, 3.8) is 0 Å². The lowest BCUT2D eigenvalue weighted by Gasteiger charge is -2.57. The van der Waals surface area contributed by atoms with Gasteiger partial charge in [0.05, 0.1) is 0 Å². The molecule has 2 N–H and O–H groups in total. The lowest BCUT2D eigenvalue weighted by Crippen LogP contribution is -2.55. The molecule has 4 saturated carbocycles. The van der Waals surface area contributed by atoms with Crippen LogP contribution in [0.1, 0.15) is 58.8 Å². The molecular weight excluding hydrogens is 322 g/mol. The van der Waals surface area contributed by atoms with Crippen molar-refractivity contribution < 1.29 is 14.9 Å². The maximum absolute atomic E-state index is 12.1. The first-order valence-corrected chi connectivity index (χ1v) is 10.6. The van der Waals surface area contributed by atoms with Gasteiger partial charge in [-0.2, -0.15) is 0 Å². The topological polar surface area (TPSA) is 51.9 Å². The zero-order chi connectivity index (χ0) is 17.9. The van der Waals surface area contributed by atoms with Gasteiger partial charge in [0.15, 0.2) is 5.71 Å². The zero-order valence-electron chi connectivity index (χ0n) is 16.0. The van der Waals surface area contributed by atoms with E-state index in [1.807, 2.05) is 0 Å². The number of nitrogens with two attached hydrogens (primary N) is 1. The predicted molar refractivity (Wildman–Crippen MR) is 99.0 cm³/mol. The van der Waals surface area contributed by atoms with Crippen molar-refractivity contribution in [3.8, 4) is 0 Å². The Kier molecular flexibility index (Phi) is 2.73. The molecule has 1 spiro atoms. The highest BCUT2D eigenvalue weighted by atomic mass is 16.6. The number of rotatable bonds is 0. The second kappa shape index (κ2) is 4.54. The average Bonchev–Trinajstić information content (AvgIpc) is 3.08. The van der Waals surface area contributed by atoms with E-state index >= 15 is 0 Å². The van der Waals surface area contributed by atoms with Gasteiger partial charge < -0.3 is 4.74 Å². The fourth-order valence-electron chi connectivity index (χ4n) is 8.78. The molecule has 138 valence electrons. The van der Waals surface area contributed by atoms with Gasteiger partial charge in [0, 0.05) is 29.9 Å². The molecule has 26 heavy (non-hydrogen) atoms. The minimum atomic E-state index is -0.310. The summed E-state index contributed by atoms with van der Waals surface area (Å²) in [6, 6.07) is 0. The molecule has 0 aromatic heterocycles. The van der Waals surface area contributed by atoms with E-state index in [2.05, 4.69) is 26.0 Å². The number of carbonyl (C=O) groups is 1. The zero-order valence-corrected chi connectivity index (χ0v) is 16.0. The minimum absolute atomic E-state index is 0.115. The number of carbonyl (C=O) groups excluding carboxylic acids is 1. The Balaban J connectivity index is 1.41. The number of fused-ring (bicyclic) bond motifs is 9. The Bertz CT molecular complexity index is 796. The average molecular weight is 352 g/mol. The van der Waals surface area contributed by atoms with E-state index < -0.39 is 0 Å². The lowest BCUT2D eigenvalue weighted by atomic mass is 9.48. The number of allylic oxidation sites excluding steroid dienone is 2. The molecule has 3 nitrogen and oxygen atoms in total. The highest BCUT2D eigenvalue weighted by Crippen LogP contribution is 2.83. The smallest absolute Gasteiger partial charge is 0.331 e. The second-order valence-electron chi connectivity index (χ2n) is 10.5. The predicted octanol–water partition coefficient (Wildman–Crippen LogP) is 2.86. The van der Waals surface area contributed by atoms with E-state index in [1.54, 1.807) is 11.6 Å². The van der Waals surface area contributed by atoms with Gasteiger partial charge in [-0.15, -0.1) is 0 Å². The van der Waals surface area contributed by atoms with E-state index in [9.17, 15) is 4.79 Å². The van der Waals surface area contributed by atoms with Crippen LogP contribution in [0.4, 0.5) is 0 Å². The van der Waals surface area contributed by atoms with Crippen LogP contribution in [-0.2, 0) is 9.53 Å². The molecule has 0 aromatic rings. The van der Waals surface area contributed by atoms with Crippen LogP contribution in [-0.4, -0.2) is 17.3 Å². The summed E-state index contributed by atoms with van der Waals surface area (Å²) in [6.07, 6.45) is 14.8. The Hall–Kier alpha value is -1.38. The number of hydrogen-bond acceptors (Lipinski definition) is 2. The van der Waals surface area contributed by atoms with Gasteiger partial charge in [-0.1, -0.05) is 19.4 Å². The normalized spacial score (nSPS) is 56.4. The van der Waals surface area contributed by atoms with E-state index in [4.69, 9.17) is 10.1 Å². The molecule has 1 heterocycles. The molecule has 0 radical (unpaired) electrons. The van der Waals surface area contributed by atoms with Crippen LogP contribution in [0.2, 0.25) is 0 Å². The minimum Gasteiger partial charge on any atom is -0.451 e. The molecule has 0 aromatic carbocycles. The third kappa shape index (κ3) is 1.59. The van der Waals surface area contributed by atoms with Crippen LogP contribution in [0.3, 0.4) is 0 Å². The highest BCUT2D eigenvalue weighted by Gasteiger charge is 2.82. The van der Waals surface area contributed by atoms with E-state index in [0.717, 1.165) is 29.9 Å². The van der Waals surface area contributed by atoms with Gasteiger partial charge in [0.1, 0.15) is 5.60 Å². The number of esters is 1. The monoisotopic (exact) mass is 352 g/mol. The Morgan fingerprint density at radius 3 is 2.77 bits per heavy atom. The van der Waals surface area contributed by atoms with E-state index in [1.165, 1.54) is 38.5 Å². The van der Waals surface area contributed by atoms with Crippen molar-refractivity contribution in [3.05, 3.63) is 23.8 Å². The summed E-state index contributed by atoms with van der Waals surface area (Å²) in [6.45, 7) is 4.95. The Labute approximate surface area is 155 Å². The highest BCUT2D eigenvalue weighted by molar-refractivity contribution is 5.91. The van der Waals surface area contributed by atoms with Gasteiger partial charge in [-0.3, -0.25) is 5.41 Å². The maximum atomic E-state index is 12.1. The third-order valence-electron chi connectivity index (χ3n) is 9.67. The van der Waals surface area contributed by atoms with Crippen LogP contribution >= 0.6 is 0 Å². The van der Waals surface area contributed by atoms with E-state index in [-0.39, 0.29) is 17.0 Å². The van der Waals surface area contributed by atoms with Crippen LogP contribution in [0, 0.1) is 40.4 Å². The molecule has 0 saturated heterocycles. The maximum Gasteiger partial charge on any atom is 0.331 e. The first-order chi connectivity index (χ1) is 12.4. The Morgan fingerprint density at radius 1 is 1.15 bits per heavy atom. The first kappa shape index (κ1) is 15.7. The molecule has 3 heteroatoms. The molecule has 8 atom stereocenters. The summed E-state index contributed by atoms with van der Waals surface area (Å²) < 4.78 is 6.12. The summed E-state index contributed by atoms with van der Waals surface area (Å²) in [7, 11) is 0. The van der Waals surface area contributed by atoms with Gasteiger partial charge in [-0.05, 0) is 73.7 Å². The van der Waals surface area contributed by atoms with Crippen molar-refractivity contribution in [2.75, 3.05) is 0 Å². The molecule has 0 bridgehead atoms. The molecule has 5 aliphatic carbocycles. The molecular formula is C23H30NO2+. The number of ether oxygens (including phenoxy) is 1. The summed E-state index contributed by atoms with van der Waals surface area (Å²) in [5.41, 5.74) is 2.90. The SMILES string of the molecule is CC12CC1C1(C=CC(=O)O1)C1(C)CCC3C4CCC(=[NH2+])C=C4CCC3C21. The van der Waals surface area contributed by atoms with Crippen molar-refractivity contribution >= 4 is 11.7 Å². The summed E-state index contributed by atoms with van der Waals surface area (Å²) in [5.74, 6) is 3.48. The molecule has 1 aliphatic heterocycles. The summed E-state index contributed by atoms with van der Waals surface area (Å²) in [5, 5.41) is 6.14. The van der Waals surface area contributed by atoms with Crippen LogP contribution in [0.15, 0.2) is 23.8 Å². The lowest BCUT2D eigenvalue weighted by molar-refractivity contribution is -0.168. The molecule has 4 fully saturated rings. The second-order valence-corrected chi connectivity index (χ2v) is 10.5. The summed E-state index contributed by atoms with van der Waals surface area (Å²) in [4.78, 5) is 12.1. The molecule has 8 unspecified atom stereocenters. The van der Waals surface area contributed by atoms with Crippen molar-refractivity contribution in [2.45, 2.75) is 64.4 Å². The van der Waals surface area contributed by atoms with Gasteiger partial charge >= 0.3 is 5.97 Å². The quantitative estimate of drug-likeness (QED) is 0.682. The van der Waals surface area contributed by atoms with Gasteiger partial charge in [0.25, 0.3) is 0 Å². The fourth-order valence-corrected chi connectivity index (χ4v) is 8.78.